The van der Waals surface area contributed by atoms with E-state index in [0.717, 1.165) is 43.2 Å². The average molecular weight is 324 g/mol. The number of anilines is 2. The first-order chi connectivity index (χ1) is 11.6. The molecule has 2 aromatic rings. The fraction of sp³-hybridized carbons (Fsp3) is 0.368. The molecule has 0 radical (unpaired) electrons. The summed E-state index contributed by atoms with van der Waals surface area (Å²) in [7, 11) is 2.14. The molecule has 5 nitrogen and oxygen atoms in total. The second kappa shape index (κ2) is 7.45. The summed E-state index contributed by atoms with van der Waals surface area (Å²) < 4.78 is 0. The van der Waals surface area contributed by atoms with E-state index in [1.807, 2.05) is 43.3 Å². The number of aryl methyl sites for hydroxylation is 1. The Bertz CT molecular complexity index is 691. The molecule has 1 amide bonds. The van der Waals surface area contributed by atoms with Crippen LogP contribution in [0.2, 0.25) is 0 Å². The van der Waals surface area contributed by atoms with Crippen LogP contribution in [-0.2, 0) is 11.2 Å². The summed E-state index contributed by atoms with van der Waals surface area (Å²) in [4.78, 5) is 21.2. The summed E-state index contributed by atoms with van der Waals surface area (Å²) in [6.07, 6.45) is 2.11. The molecule has 1 aromatic carbocycles. The second-order valence-corrected chi connectivity index (χ2v) is 6.41. The topological polar surface area (TPSA) is 48.5 Å². The number of carbonyl (C=O) groups is 1. The molecule has 1 aromatic heterocycles. The van der Waals surface area contributed by atoms with Crippen LogP contribution in [-0.4, -0.2) is 49.0 Å². The molecule has 3 rings (SSSR count). The maximum atomic E-state index is 12.2. The van der Waals surface area contributed by atoms with Crippen molar-refractivity contribution in [3.8, 4) is 0 Å². The minimum atomic E-state index is -0.0188. The van der Waals surface area contributed by atoms with Gasteiger partial charge in [0.25, 0.3) is 0 Å². The van der Waals surface area contributed by atoms with Gasteiger partial charge in [0.05, 0.1) is 18.3 Å². The molecule has 0 spiro atoms. The van der Waals surface area contributed by atoms with E-state index in [9.17, 15) is 4.79 Å². The van der Waals surface area contributed by atoms with Gasteiger partial charge in [-0.15, -0.1) is 0 Å². The second-order valence-electron chi connectivity index (χ2n) is 6.41. The van der Waals surface area contributed by atoms with Gasteiger partial charge in [-0.25, -0.2) is 4.98 Å². The molecule has 1 saturated heterocycles. The van der Waals surface area contributed by atoms with E-state index in [-0.39, 0.29) is 5.91 Å². The first-order valence-electron chi connectivity index (χ1n) is 8.35. The van der Waals surface area contributed by atoms with E-state index in [2.05, 4.69) is 27.1 Å². The summed E-state index contributed by atoms with van der Waals surface area (Å²) in [5, 5.41) is 2.92. The minimum Gasteiger partial charge on any atom is -0.354 e. The largest absolute Gasteiger partial charge is 0.354 e. The molecule has 0 atom stereocenters. The molecular weight excluding hydrogens is 300 g/mol. The standard InChI is InChI=1S/C19H24N4O/c1-15-4-3-5-16(12-15)13-19(24)21-17-6-7-18(20-14-17)23-10-8-22(2)9-11-23/h3-7,12,14H,8-11,13H2,1-2H3,(H,21,24). The maximum Gasteiger partial charge on any atom is 0.228 e. The molecule has 1 aliphatic rings. The number of pyridine rings is 1. The number of piperazine rings is 1. The Morgan fingerprint density at radius 2 is 1.96 bits per heavy atom. The van der Waals surface area contributed by atoms with Crippen LogP contribution in [0.25, 0.3) is 0 Å². The van der Waals surface area contributed by atoms with Crippen molar-refractivity contribution in [2.45, 2.75) is 13.3 Å². The van der Waals surface area contributed by atoms with Crippen LogP contribution < -0.4 is 10.2 Å². The number of likely N-dealkylation sites (N-methyl/N-ethyl adjacent to an activating group) is 1. The van der Waals surface area contributed by atoms with Crippen molar-refractivity contribution in [2.75, 3.05) is 43.4 Å². The van der Waals surface area contributed by atoms with Gasteiger partial charge in [0.15, 0.2) is 0 Å². The smallest absolute Gasteiger partial charge is 0.228 e. The normalized spacial score (nSPS) is 15.3. The zero-order chi connectivity index (χ0) is 16.9. The molecule has 2 heterocycles. The summed E-state index contributed by atoms with van der Waals surface area (Å²) in [6, 6.07) is 11.9. The van der Waals surface area contributed by atoms with Crippen molar-refractivity contribution < 1.29 is 4.79 Å². The highest BCUT2D eigenvalue weighted by Crippen LogP contribution is 2.16. The summed E-state index contributed by atoms with van der Waals surface area (Å²) in [5.74, 6) is 0.953. The molecule has 1 N–H and O–H groups in total. The third kappa shape index (κ3) is 4.32. The third-order valence-corrected chi connectivity index (χ3v) is 4.31. The summed E-state index contributed by atoms with van der Waals surface area (Å²) >= 11 is 0. The molecule has 1 fully saturated rings. The zero-order valence-electron chi connectivity index (χ0n) is 14.3. The highest BCUT2D eigenvalue weighted by Gasteiger charge is 2.15. The number of hydrogen-bond donors (Lipinski definition) is 1. The Morgan fingerprint density at radius 3 is 2.62 bits per heavy atom. The number of nitrogens with zero attached hydrogens (tertiary/aromatic N) is 3. The van der Waals surface area contributed by atoms with Gasteiger partial charge in [-0.05, 0) is 31.7 Å². The number of amides is 1. The Balaban J connectivity index is 1.56. The molecule has 5 heteroatoms. The van der Waals surface area contributed by atoms with Gasteiger partial charge < -0.3 is 15.1 Å². The molecule has 0 unspecified atom stereocenters. The van der Waals surface area contributed by atoms with Crippen LogP contribution in [0.5, 0.6) is 0 Å². The number of carbonyl (C=O) groups excluding carboxylic acids is 1. The fourth-order valence-electron chi connectivity index (χ4n) is 2.90. The first kappa shape index (κ1) is 16.5. The molecular formula is C19H24N4O. The quantitative estimate of drug-likeness (QED) is 0.938. The van der Waals surface area contributed by atoms with E-state index in [1.165, 1.54) is 5.56 Å². The minimum absolute atomic E-state index is 0.0188. The van der Waals surface area contributed by atoms with Crippen molar-refractivity contribution in [1.82, 2.24) is 9.88 Å². The number of nitrogens with one attached hydrogen (secondary N) is 1. The van der Waals surface area contributed by atoms with Crippen LogP contribution in [0.3, 0.4) is 0 Å². The van der Waals surface area contributed by atoms with Crippen LogP contribution >= 0.6 is 0 Å². The molecule has 0 bridgehead atoms. The van der Waals surface area contributed by atoms with Gasteiger partial charge in [-0.2, -0.15) is 0 Å². The third-order valence-electron chi connectivity index (χ3n) is 4.31. The van der Waals surface area contributed by atoms with Crippen molar-refractivity contribution in [1.29, 1.82) is 0 Å². The van der Waals surface area contributed by atoms with Crippen LogP contribution in [0.4, 0.5) is 11.5 Å². The number of benzene rings is 1. The van der Waals surface area contributed by atoms with Gasteiger partial charge in [-0.1, -0.05) is 29.8 Å². The summed E-state index contributed by atoms with van der Waals surface area (Å²) in [5.41, 5.74) is 2.93. The Morgan fingerprint density at radius 1 is 1.17 bits per heavy atom. The Kier molecular flexibility index (Phi) is 5.11. The van der Waals surface area contributed by atoms with Crippen molar-refractivity contribution in [3.63, 3.8) is 0 Å². The van der Waals surface area contributed by atoms with Crippen molar-refractivity contribution >= 4 is 17.4 Å². The van der Waals surface area contributed by atoms with Gasteiger partial charge in [-0.3, -0.25) is 4.79 Å². The van der Waals surface area contributed by atoms with E-state index >= 15 is 0 Å². The molecule has 0 saturated carbocycles. The van der Waals surface area contributed by atoms with E-state index in [1.54, 1.807) is 6.20 Å². The summed E-state index contributed by atoms with van der Waals surface area (Å²) in [6.45, 7) is 6.11. The SMILES string of the molecule is Cc1cccc(CC(=O)Nc2ccc(N3CCN(C)CC3)nc2)c1. The van der Waals surface area contributed by atoms with Crippen LogP contribution in [0.15, 0.2) is 42.6 Å². The number of aromatic nitrogens is 1. The molecule has 24 heavy (non-hydrogen) atoms. The van der Waals surface area contributed by atoms with Crippen molar-refractivity contribution in [3.05, 3.63) is 53.7 Å². The highest BCUT2D eigenvalue weighted by atomic mass is 16.1. The predicted molar refractivity (Wildman–Crippen MR) is 97.5 cm³/mol. The van der Waals surface area contributed by atoms with E-state index in [4.69, 9.17) is 0 Å². The van der Waals surface area contributed by atoms with Gasteiger partial charge in [0.1, 0.15) is 5.82 Å². The Hall–Kier alpha value is -2.40. The zero-order valence-corrected chi connectivity index (χ0v) is 14.3. The van der Waals surface area contributed by atoms with Gasteiger partial charge in [0.2, 0.25) is 5.91 Å². The molecule has 1 aliphatic heterocycles. The van der Waals surface area contributed by atoms with Gasteiger partial charge >= 0.3 is 0 Å². The first-order valence-corrected chi connectivity index (χ1v) is 8.35. The number of rotatable bonds is 4. The lowest BCUT2D eigenvalue weighted by atomic mass is 10.1. The maximum absolute atomic E-state index is 12.2. The average Bonchev–Trinajstić information content (AvgIpc) is 2.56. The fourth-order valence-corrected chi connectivity index (χ4v) is 2.90. The molecule has 0 aliphatic carbocycles. The lowest BCUT2D eigenvalue weighted by Crippen LogP contribution is -2.44. The van der Waals surface area contributed by atoms with E-state index in [0.29, 0.717) is 6.42 Å². The monoisotopic (exact) mass is 324 g/mol. The predicted octanol–water partition coefficient (Wildman–Crippen LogP) is 2.32. The van der Waals surface area contributed by atoms with Crippen LogP contribution in [0, 0.1) is 6.92 Å². The highest BCUT2D eigenvalue weighted by molar-refractivity contribution is 5.92. The lowest BCUT2D eigenvalue weighted by Gasteiger charge is -2.33. The Labute approximate surface area is 143 Å². The van der Waals surface area contributed by atoms with Gasteiger partial charge in [0, 0.05) is 26.2 Å². The molecule has 126 valence electrons. The van der Waals surface area contributed by atoms with Crippen LogP contribution in [0.1, 0.15) is 11.1 Å². The van der Waals surface area contributed by atoms with Crippen molar-refractivity contribution in [2.24, 2.45) is 0 Å². The lowest BCUT2D eigenvalue weighted by molar-refractivity contribution is -0.115. The van der Waals surface area contributed by atoms with E-state index < -0.39 is 0 Å². The number of hydrogen-bond acceptors (Lipinski definition) is 4.